The second kappa shape index (κ2) is 8.67. The van der Waals surface area contributed by atoms with Crippen molar-refractivity contribution in [1.82, 2.24) is 19.7 Å². The third-order valence-electron chi connectivity index (χ3n) is 6.42. The first-order valence-corrected chi connectivity index (χ1v) is 11.3. The number of rotatable bonds is 5. The average Bonchev–Trinajstić information content (AvgIpc) is 3.13. The highest BCUT2D eigenvalue weighted by Gasteiger charge is 2.38. The summed E-state index contributed by atoms with van der Waals surface area (Å²) < 4.78 is 30.5. The zero-order valence-corrected chi connectivity index (χ0v) is 19.8. The molecule has 0 amide bonds. The van der Waals surface area contributed by atoms with Crippen molar-refractivity contribution in [3.8, 4) is 16.8 Å². The number of anilines is 1. The molecule has 2 N–H and O–H groups in total. The Hall–Kier alpha value is -4.40. The smallest absolute Gasteiger partial charge is 0.313 e. The minimum atomic E-state index is -1.04. The number of carbonyl (C=O) groups is 1. The molecule has 5 rings (SSSR count). The molecule has 0 fully saturated rings. The number of hydrogen-bond donors (Lipinski definition) is 2. The van der Waals surface area contributed by atoms with E-state index < -0.39 is 23.2 Å². The fraction of sp³-hybridized carbons (Fsp3) is 0.185. The first-order chi connectivity index (χ1) is 17.2. The number of aliphatic carboxylic acids is 1. The van der Waals surface area contributed by atoms with Gasteiger partial charge in [0.05, 0.1) is 22.4 Å². The van der Waals surface area contributed by atoms with E-state index in [0.717, 1.165) is 0 Å². The molecule has 9 heteroatoms. The lowest BCUT2D eigenvalue weighted by Gasteiger charge is -2.35. The molecule has 1 aliphatic rings. The SMILES string of the molecule is Cc1cc(F)ccc1-n1nc(C)c(-c2cc(F)c3nccnc3c2)c1NC1(C)C=CC=CC1C(=O)O. The number of carboxylic acids is 1. The van der Waals surface area contributed by atoms with Crippen LogP contribution in [0.15, 0.2) is 67.0 Å². The molecule has 182 valence electrons. The van der Waals surface area contributed by atoms with E-state index >= 15 is 4.39 Å². The van der Waals surface area contributed by atoms with Gasteiger partial charge >= 0.3 is 5.97 Å². The van der Waals surface area contributed by atoms with E-state index in [1.807, 2.05) is 0 Å². The van der Waals surface area contributed by atoms with Gasteiger partial charge in [-0.15, -0.1) is 0 Å². The Bertz CT molecular complexity index is 1580. The van der Waals surface area contributed by atoms with Crippen molar-refractivity contribution in [1.29, 1.82) is 0 Å². The van der Waals surface area contributed by atoms with Gasteiger partial charge in [-0.2, -0.15) is 5.10 Å². The van der Waals surface area contributed by atoms with Gasteiger partial charge in [-0.05, 0) is 62.2 Å². The van der Waals surface area contributed by atoms with E-state index in [1.54, 1.807) is 61.9 Å². The Morgan fingerprint density at radius 1 is 1.11 bits per heavy atom. The predicted molar refractivity (Wildman–Crippen MR) is 133 cm³/mol. The summed E-state index contributed by atoms with van der Waals surface area (Å²) in [5, 5.41) is 18.0. The Balaban J connectivity index is 1.76. The van der Waals surface area contributed by atoms with E-state index in [0.29, 0.717) is 39.4 Å². The van der Waals surface area contributed by atoms with Gasteiger partial charge in [0, 0.05) is 18.0 Å². The highest BCUT2D eigenvalue weighted by molar-refractivity contribution is 5.87. The molecule has 36 heavy (non-hydrogen) atoms. The molecule has 0 saturated heterocycles. The number of aromatic nitrogens is 4. The number of benzene rings is 2. The minimum absolute atomic E-state index is 0.147. The van der Waals surface area contributed by atoms with E-state index in [2.05, 4.69) is 15.3 Å². The van der Waals surface area contributed by atoms with Crippen LogP contribution < -0.4 is 5.32 Å². The summed E-state index contributed by atoms with van der Waals surface area (Å²) in [6.07, 6.45) is 9.75. The van der Waals surface area contributed by atoms with Crippen LogP contribution in [0.5, 0.6) is 0 Å². The van der Waals surface area contributed by atoms with Crippen molar-refractivity contribution >= 4 is 22.8 Å². The molecular weight excluding hydrogens is 464 g/mol. The summed E-state index contributed by atoms with van der Waals surface area (Å²) in [5.41, 5.74) is 2.34. The lowest BCUT2D eigenvalue weighted by molar-refractivity contribution is -0.141. The molecule has 2 heterocycles. The first-order valence-electron chi connectivity index (χ1n) is 11.3. The Morgan fingerprint density at radius 2 is 1.89 bits per heavy atom. The Kier molecular flexibility index (Phi) is 5.62. The number of nitrogens with one attached hydrogen (secondary N) is 1. The summed E-state index contributed by atoms with van der Waals surface area (Å²) >= 11 is 0. The van der Waals surface area contributed by atoms with Crippen LogP contribution in [-0.4, -0.2) is 36.4 Å². The largest absolute Gasteiger partial charge is 0.481 e. The molecule has 1 aliphatic carbocycles. The lowest BCUT2D eigenvalue weighted by atomic mass is 9.82. The molecule has 2 atom stereocenters. The van der Waals surface area contributed by atoms with Gasteiger partial charge in [0.1, 0.15) is 23.1 Å². The molecule has 0 saturated carbocycles. The minimum Gasteiger partial charge on any atom is -0.481 e. The highest BCUT2D eigenvalue weighted by atomic mass is 19.1. The van der Waals surface area contributed by atoms with Crippen LogP contribution in [0.4, 0.5) is 14.6 Å². The zero-order chi connectivity index (χ0) is 25.6. The van der Waals surface area contributed by atoms with Crippen LogP contribution in [0.25, 0.3) is 27.8 Å². The van der Waals surface area contributed by atoms with Crippen molar-refractivity contribution in [2.45, 2.75) is 26.3 Å². The van der Waals surface area contributed by atoms with E-state index in [1.165, 1.54) is 30.6 Å². The summed E-state index contributed by atoms with van der Waals surface area (Å²) in [6, 6.07) is 7.41. The van der Waals surface area contributed by atoms with Crippen molar-refractivity contribution in [3.63, 3.8) is 0 Å². The summed E-state index contributed by atoms with van der Waals surface area (Å²) in [6.45, 7) is 5.31. The van der Waals surface area contributed by atoms with Crippen LogP contribution in [-0.2, 0) is 4.79 Å². The number of carboxylic acid groups (broad SMARTS) is 1. The molecule has 0 radical (unpaired) electrons. The quantitative estimate of drug-likeness (QED) is 0.393. The maximum Gasteiger partial charge on any atom is 0.313 e. The molecule has 4 aromatic rings. The van der Waals surface area contributed by atoms with Gasteiger partial charge in [0.2, 0.25) is 0 Å². The second-order valence-corrected chi connectivity index (χ2v) is 9.00. The number of allylic oxidation sites excluding steroid dienone is 2. The molecule has 2 unspecified atom stereocenters. The van der Waals surface area contributed by atoms with Crippen LogP contribution in [0.3, 0.4) is 0 Å². The van der Waals surface area contributed by atoms with Gasteiger partial charge in [-0.1, -0.05) is 24.3 Å². The highest BCUT2D eigenvalue weighted by Crippen LogP contribution is 2.39. The average molecular weight is 488 g/mol. The zero-order valence-electron chi connectivity index (χ0n) is 19.8. The van der Waals surface area contributed by atoms with Gasteiger partial charge in [0.25, 0.3) is 0 Å². The molecule has 2 aromatic heterocycles. The van der Waals surface area contributed by atoms with Crippen molar-refractivity contribution < 1.29 is 18.7 Å². The Morgan fingerprint density at radius 3 is 2.64 bits per heavy atom. The second-order valence-electron chi connectivity index (χ2n) is 9.00. The van der Waals surface area contributed by atoms with E-state index in [-0.39, 0.29) is 11.3 Å². The molecule has 0 bridgehead atoms. The van der Waals surface area contributed by atoms with Crippen LogP contribution >= 0.6 is 0 Å². The van der Waals surface area contributed by atoms with Gasteiger partial charge in [0.15, 0.2) is 5.82 Å². The van der Waals surface area contributed by atoms with Crippen LogP contribution in [0.2, 0.25) is 0 Å². The molecular formula is C27H23F2N5O2. The summed E-state index contributed by atoms with van der Waals surface area (Å²) in [7, 11) is 0. The first kappa shape index (κ1) is 23.3. The molecule has 7 nitrogen and oxygen atoms in total. The van der Waals surface area contributed by atoms with Crippen molar-refractivity contribution in [2.75, 3.05) is 5.32 Å². The van der Waals surface area contributed by atoms with E-state index in [9.17, 15) is 14.3 Å². The molecule has 2 aromatic carbocycles. The lowest BCUT2D eigenvalue weighted by Crippen LogP contribution is -2.45. The van der Waals surface area contributed by atoms with Crippen molar-refractivity contribution in [2.24, 2.45) is 5.92 Å². The summed E-state index contributed by atoms with van der Waals surface area (Å²) in [5.74, 6) is -2.36. The van der Waals surface area contributed by atoms with Gasteiger partial charge in [-0.25, -0.2) is 18.4 Å². The predicted octanol–water partition coefficient (Wildman–Crippen LogP) is 5.37. The molecule has 0 aliphatic heterocycles. The maximum absolute atomic E-state index is 15.0. The third-order valence-corrected chi connectivity index (χ3v) is 6.42. The number of hydrogen-bond acceptors (Lipinski definition) is 5. The number of aryl methyl sites for hydroxylation is 2. The number of halogens is 2. The van der Waals surface area contributed by atoms with Crippen molar-refractivity contribution in [3.05, 3.63) is 89.9 Å². The van der Waals surface area contributed by atoms with Gasteiger partial charge in [-0.3, -0.25) is 9.78 Å². The normalized spacial score (nSPS) is 19.1. The van der Waals surface area contributed by atoms with Crippen LogP contribution in [0.1, 0.15) is 18.2 Å². The fourth-order valence-corrected chi connectivity index (χ4v) is 4.64. The standard InChI is InChI=1S/C27H23F2N5O2/c1-15-12-18(28)7-8-22(15)34-25(32-27(3)9-5-4-6-19(27)26(35)36)23(16(2)33-34)17-13-20(29)24-21(14-17)30-10-11-31-24/h4-14,19,32H,1-3H3,(H,35,36). The number of fused-ring (bicyclic) bond motifs is 1. The molecule has 0 spiro atoms. The van der Waals surface area contributed by atoms with Crippen LogP contribution in [0, 0.1) is 31.4 Å². The van der Waals surface area contributed by atoms with E-state index in [4.69, 9.17) is 5.10 Å². The third kappa shape index (κ3) is 3.92. The fourth-order valence-electron chi connectivity index (χ4n) is 4.64. The number of nitrogens with zero attached hydrogens (tertiary/aromatic N) is 4. The maximum atomic E-state index is 15.0. The summed E-state index contributed by atoms with van der Waals surface area (Å²) in [4.78, 5) is 20.4. The van der Waals surface area contributed by atoms with Gasteiger partial charge < -0.3 is 10.4 Å². The Labute approximate surface area is 205 Å². The monoisotopic (exact) mass is 487 g/mol. The topological polar surface area (TPSA) is 92.9 Å².